The van der Waals surface area contributed by atoms with Crippen molar-refractivity contribution in [2.24, 2.45) is 5.73 Å². The molecule has 4 rings (SSSR count). The number of aliphatic hydroxyl groups is 1. The Labute approximate surface area is 153 Å². The summed E-state index contributed by atoms with van der Waals surface area (Å²) in [6.45, 7) is 6.27. The van der Waals surface area contributed by atoms with Crippen LogP contribution in [0.4, 0.5) is 5.82 Å². The van der Waals surface area contributed by atoms with E-state index in [2.05, 4.69) is 15.8 Å². The lowest BCUT2D eigenvalue weighted by Gasteiger charge is -2.20. The zero-order valence-electron chi connectivity index (χ0n) is 15.7. The molecule has 0 saturated heterocycles. The standard InChI is InChI=1S/C20H27N5O/c1-12(21)11-22-17-9-8-13-10-14(20(2,3)26)19-23-15-6-4-5-7-16(15)25(19)18(13)24-17/h8-10,12,26H,4-7,11,21H2,1-3H3,(H,22,24)/t12-/m1/s1. The van der Waals surface area contributed by atoms with Crippen LogP contribution < -0.4 is 11.1 Å². The third kappa shape index (κ3) is 2.93. The first-order valence-electron chi connectivity index (χ1n) is 9.41. The summed E-state index contributed by atoms with van der Waals surface area (Å²) >= 11 is 0. The van der Waals surface area contributed by atoms with Crippen LogP contribution in [0.5, 0.6) is 0 Å². The Kier molecular flexibility index (Phi) is 4.12. The van der Waals surface area contributed by atoms with Crippen LogP contribution in [0.2, 0.25) is 0 Å². The van der Waals surface area contributed by atoms with Crippen LogP contribution in [-0.2, 0) is 18.4 Å². The van der Waals surface area contributed by atoms with Gasteiger partial charge in [-0.2, -0.15) is 0 Å². The Morgan fingerprint density at radius 1 is 1.23 bits per heavy atom. The molecule has 6 heteroatoms. The lowest BCUT2D eigenvalue weighted by molar-refractivity contribution is 0.0798. The number of anilines is 1. The van der Waals surface area contributed by atoms with Gasteiger partial charge in [-0.1, -0.05) is 0 Å². The first-order valence-corrected chi connectivity index (χ1v) is 9.41. The molecule has 3 heterocycles. The van der Waals surface area contributed by atoms with Crippen molar-refractivity contribution in [1.29, 1.82) is 0 Å². The number of imidazole rings is 1. The van der Waals surface area contributed by atoms with Crippen molar-refractivity contribution in [1.82, 2.24) is 14.4 Å². The van der Waals surface area contributed by atoms with Crippen LogP contribution in [0.1, 0.15) is 50.6 Å². The number of hydrogen-bond donors (Lipinski definition) is 3. The van der Waals surface area contributed by atoms with Gasteiger partial charge in [-0.15, -0.1) is 0 Å². The molecule has 0 aromatic carbocycles. The monoisotopic (exact) mass is 353 g/mol. The van der Waals surface area contributed by atoms with Crippen LogP contribution in [0, 0.1) is 0 Å². The Balaban J connectivity index is 1.99. The zero-order valence-corrected chi connectivity index (χ0v) is 15.7. The molecule has 0 amide bonds. The van der Waals surface area contributed by atoms with Crippen molar-refractivity contribution in [2.75, 3.05) is 11.9 Å². The highest BCUT2D eigenvalue weighted by Gasteiger charge is 2.26. The van der Waals surface area contributed by atoms with E-state index in [1.807, 2.05) is 32.9 Å². The second kappa shape index (κ2) is 6.21. The topological polar surface area (TPSA) is 88.5 Å². The molecule has 26 heavy (non-hydrogen) atoms. The molecule has 0 saturated carbocycles. The molecule has 4 N–H and O–H groups in total. The number of aryl methyl sites for hydroxylation is 2. The summed E-state index contributed by atoms with van der Waals surface area (Å²) in [6, 6.07) is 6.10. The van der Waals surface area contributed by atoms with E-state index in [1.165, 1.54) is 12.1 Å². The summed E-state index contributed by atoms with van der Waals surface area (Å²) in [5.41, 5.74) is 9.83. The van der Waals surface area contributed by atoms with Gasteiger partial charge in [0.25, 0.3) is 0 Å². The van der Waals surface area contributed by atoms with Gasteiger partial charge in [-0.25, -0.2) is 9.97 Å². The van der Waals surface area contributed by atoms with Gasteiger partial charge in [0.05, 0.1) is 11.3 Å². The maximum absolute atomic E-state index is 10.7. The van der Waals surface area contributed by atoms with Gasteiger partial charge in [0.2, 0.25) is 0 Å². The smallest absolute Gasteiger partial charge is 0.148 e. The van der Waals surface area contributed by atoms with Gasteiger partial charge in [-0.3, -0.25) is 4.40 Å². The van der Waals surface area contributed by atoms with Crippen molar-refractivity contribution in [3.8, 4) is 0 Å². The van der Waals surface area contributed by atoms with E-state index in [9.17, 15) is 5.11 Å². The van der Waals surface area contributed by atoms with Crippen molar-refractivity contribution in [2.45, 2.75) is 58.1 Å². The summed E-state index contributed by atoms with van der Waals surface area (Å²) in [5, 5.41) is 15.0. The first kappa shape index (κ1) is 17.2. The minimum absolute atomic E-state index is 0.0612. The van der Waals surface area contributed by atoms with Crippen LogP contribution in [0.15, 0.2) is 18.2 Å². The second-order valence-corrected chi connectivity index (χ2v) is 7.96. The SMILES string of the molecule is C[C@@H](N)CNc1ccc2cc(C(C)(C)O)c3nc4c(n3c2n1)CCCC4. The number of nitrogens with zero attached hydrogens (tertiary/aromatic N) is 3. The highest BCUT2D eigenvalue weighted by atomic mass is 16.3. The van der Waals surface area contributed by atoms with Gasteiger partial charge in [-0.05, 0) is 64.7 Å². The summed E-state index contributed by atoms with van der Waals surface area (Å²) in [5.74, 6) is 0.811. The van der Waals surface area contributed by atoms with Gasteiger partial charge < -0.3 is 16.2 Å². The van der Waals surface area contributed by atoms with Crippen molar-refractivity contribution >= 4 is 22.5 Å². The van der Waals surface area contributed by atoms with Gasteiger partial charge in [0, 0.05) is 29.2 Å². The molecule has 0 radical (unpaired) electrons. The van der Waals surface area contributed by atoms with Crippen LogP contribution in [0.25, 0.3) is 16.7 Å². The molecule has 0 unspecified atom stereocenters. The van der Waals surface area contributed by atoms with E-state index in [-0.39, 0.29) is 6.04 Å². The second-order valence-electron chi connectivity index (χ2n) is 7.96. The molecular weight excluding hydrogens is 326 g/mol. The van der Waals surface area contributed by atoms with Gasteiger partial charge >= 0.3 is 0 Å². The predicted molar refractivity (Wildman–Crippen MR) is 105 cm³/mol. The summed E-state index contributed by atoms with van der Waals surface area (Å²) in [4.78, 5) is 9.75. The summed E-state index contributed by atoms with van der Waals surface area (Å²) < 4.78 is 2.16. The summed E-state index contributed by atoms with van der Waals surface area (Å²) in [7, 11) is 0. The highest BCUT2D eigenvalue weighted by molar-refractivity contribution is 5.83. The third-order valence-corrected chi connectivity index (χ3v) is 5.05. The van der Waals surface area contributed by atoms with Crippen molar-refractivity contribution in [3.63, 3.8) is 0 Å². The average molecular weight is 353 g/mol. The maximum atomic E-state index is 10.7. The van der Waals surface area contributed by atoms with E-state index in [1.54, 1.807) is 0 Å². The van der Waals surface area contributed by atoms with Crippen molar-refractivity contribution in [3.05, 3.63) is 35.2 Å². The highest BCUT2D eigenvalue weighted by Crippen LogP contribution is 2.33. The lowest BCUT2D eigenvalue weighted by atomic mass is 9.98. The molecule has 3 aromatic heterocycles. The molecule has 1 atom stereocenters. The molecule has 6 nitrogen and oxygen atoms in total. The van der Waals surface area contributed by atoms with Crippen LogP contribution in [-0.4, -0.2) is 32.1 Å². The minimum Gasteiger partial charge on any atom is -0.386 e. The lowest BCUT2D eigenvalue weighted by Crippen LogP contribution is -2.25. The fourth-order valence-electron chi connectivity index (χ4n) is 3.73. The normalized spacial score (nSPS) is 16.0. The minimum atomic E-state index is -0.963. The number of nitrogens with one attached hydrogen (secondary N) is 1. The fraction of sp³-hybridized carbons (Fsp3) is 0.500. The molecule has 1 aliphatic rings. The van der Waals surface area contributed by atoms with E-state index in [0.29, 0.717) is 6.54 Å². The predicted octanol–water partition coefficient (Wildman–Crippen LogP) is 2.75. The maximum Gasteiger partial charge on any atom is 0.148 e. The molecule has 0 fully saturated rings. The quantitative estimate of drug-likeness (QED) is 0.671. The zero-order chi connectivity index (χ0) is 18.5. The van der Waals surface area contributed by atoms with Crippen LogP contribution >= 0.6 is 0 Å². The third-order valence-electron chi connectivity index (χ3n) is 5.05. The number of pyridine rings is 2. The number of hydrogen-bond acceptors (Lipinski definition) is 5. The largest absolute Gasteiger partial charge is 0.386 e. The molecule has 1 aliphatic carbocycles. The Morgan fingerprint density at radius 2 is 2.00 bits per heavy atom. The molecule has 0 bridgehead atoms. The molecule has 0 spiro atoms. The molecule has 0 aliphatic heterocycles. The van der Waals surface area contributed by atoms with E-state index in [0.717, 1.165) is 53.0 Å². The van der Waals surface area contributed by atoms with E-state index >= 15 is 0 Å². The van der Waals surface area contributed by atoms with Gasteiger partial charge in [0.15, 0.2) is 0 Å². The van der Waals surface area contributed by atoms with Gasteiger partial charge in [0.1, 0.15) is 17.1 Å². The molecule has 3 aromatic rings. The Morgan fingerprint density at radius 3 is 2.73 bits per heavy atom. The average Bonchev–Trinajstić information content (AvgIpc) is 2.97. The Hall–Kier alpha value is -2.18. The number of aromatic nitrogens is 3. The number of nitrogens with two attached hydrogens (primary N) is 1. The number of rotatable bonds is 4. The Bertz CT molecular complexity index is 968. The molecule has 138 valence electrons. The molecular formula is C20H27N5O. The first-order chi connectivity index (χ1) is 12.3. The van der Waals surface area contributed by atoms with E-state index < -0.39 is 5.60 Å². The summed E-state index contributed by atoms with van der Waals surface area (Å²) in [6.07, 6.45) is 4.32. The van der Waals surface area contributed by atoms with Crippen LogP contribution in [0.3, 0.4) is 0 Å². The van der Waals surface area contributed by atoms with E-state index in [4.69, 9.17) is 15.7 Å². The fourth-order valence-corrected chi connectivity index (χ4v) is 3.73. The van der Waals surface area contributed by atoms with Crippen molar-refractivity contribution < 1.29 is 5.11 Å². The number of fused-ring (bicyclic) bond motifs is 5.